The lowest BCUT2D eigenvalue weighted by Gasteiger charge is -2.07. The van der Waals surface area contributed by atoms with Crippen molar-refractivity contribution in [2.45, 2.75) is 11.8 Å². The van der Waals surface area contributed by atoms with Gasteiger partial charge in [0.25, 0.3) is 0 Å². The van der Waals surface area contributed by atoms with Gasteiger partial charge in [-0.2, -0.15) is 0 Å². The van der Waals surface area contributed by atoms with Gasteiger partial charge in [-0.25, -0.2) is 8.42 Å². The minimum atomic E-state index is -2.88. The van der Waals surface area contributed by atoms with Crippen LogP contribution >= 0.6 is 11.6 Å². The molecule has 1 rings (SSSR count). The van der Waals surface area contributed by atoms with Crippen LogP contribution in [0.4, 0.5) is 0 Å². The van der Waals surface area contributed by atoms with E-state index in [0.29, 0.717) is 6.42 Å². The molecule has 1 heterocycles. The van der Waals surface area contributed by atoms with Gasteiger partial charge in [-0.1, -0.05) is 6.08 Å². The molecular weight excluding hydrogens is 160 g/mol. The molecule has 0 aromatic heterocycles. The van der Waals surface area contributed by atoms with Crippen molar-refractivity contribution in [2.24, 2.45) is 0 Å². The molecule has 0 fully saturated rings. The Hall–Kier alpha value is -0.0200. The molecule has 0 aliphatic carbocycles. The number of sulfone groups is 1. The van der Waals surface area contributed by atoms with Crippen LogP contribution in [0.15, 0.2) is 11.5 Å². The molecule has 0 saturated carbocycles. The molecule has 4 heteroatoms. The van der Waals surface area contributed by atoms with Gasteiger partial charge in [0.2, 0.25) is 0 Å². The first-order chi connectivity index (χ1) is 4.10. The summed E-state index contributed by atoms with van der Waals surface area (Å²) < 4.78 is 21.3. The molecule has 9 heavy (non-hydrogen) atoms. The zero-order valence-corrected chi connectivity index (χ0v) is 6.32. The first-order valence-corrected chi connectivity index (χ1v) is 4.80. The summed E-state index contributed by atoms with van der Waals surface area (Å²) in [5, 5.41) is 1.10. The van der Waals surface area contributed by atoms with Crippen molar-refractivity contribution in [1.29, 1.82) is 0 Å². The molecule has 0 bridgehead atoms. The van der Waals surface area contributed by atoms with E-state index < -0.39 is 9.84 Å². The number of alkyl halides is 1. The van der Waals surface area contributed by atoms with Crippen LogP contribution in [-0.4, -0.2) is 19.5 Å². The van der Waals surface area contributed by atoms with Crippen molar-refractivity contribution < 1.29 is 8.42 Å². The van der Waals surface area contributed by atoms with Crippen LogP contribution in [0.1, 0.15) is 6.42 Å². The number of hydrogen-bond donors (Lipinski definition) is 0. The molecule has 0 N–H and O–H groups in total. The molecule has 0 spiro atoms. The normalized spacial score (nSPS) is 32.3. The van der Waals surface area contributed by atoms with E-state index in [4.69, 9.17) is 11.6 Å². The van der Waals surface area contributed by atoms with Crippen LogP contribution in [0.2, 0.25) is 0 Å². The van der Waals surface area contributed by atoms with Crippen LogP contribution in [0.25, 0.3) is 0 Å². The fourth-order valence-electron chi connectivity index (χ4n) is 0.646. The number of allylic oxidation sites excluding steroid dienone is 1. The molecule has 1 aliphatic heterocycles. The summed E-state index contributed by atoms with van der Waals surface area (Å²) in [5.74, 6) is 0.192. The first kappa shape index (κ1) is 7.09. The Bertz CT molecular complexity index is 217. The van der Waals surface area contributed by atoms with Crippen molar-refractivity contribution in [3.63, 3.8) is 0 Å². The van der Waals surface area contributed by atoms with E-state index in [1.807, 2.05) is 0 Å². The third-order valence-electron chi connectivity index (χ3n) is 1.17. The van der Waals surface area contributed by atoms with E-state index in [1.165, 1.54) is 11.5 Å². The van der Waals surface area contributed by atoms with Crippen LogP contribution in [0, 0.1) is 0 Å². The maximum Gasteiger partial charge on any atom is 0.171 e. The topological polar surface area (TPSA) is 34.1 Å². The van der Waals surface area contributed by atoms with Gasteiger partial charge in [-0.15, -0.1) is 11.6 Å². The lowest BCUT2D eigenvalue weighted by molar-refractivity contribution is 0.600. The highest BCUT2D eigenvalue weighted by atomic mass is 35.5. The maximum absolute atomic E-state index is 10.7. The fraction of sp³-hybridized carbons (Fsp3) is 0.600. The number of halogens is 1. The summed E-state index contributed by atoms with van der Waals surface area (Å²) in [6.07, 6.45) is 2.06. The van der Waals surface area contributed by atoms with E-state index in [0.717, 1.165) is 0 Å². The molecule has 1 atom stereocenters. The smallest absolute Gasteiger partial charge is 0.171 e. The highest BCUT2D eigenvalue weighted by Crippen LogP contribution is 2.13. The first-order valence-electron chi connectivity index (χ1n) is 2.65. The van der Waals surface area contributed by atoms with E-state index >= 15 is 0 Å². The summed E-state index contributed by atoms with van der Waals surface area (Å²) in [5.41, 5.74) is 0. The molecule has 0 saturated heterocycles. The van der Waals surface area contributed by atoms with E-state index in [2.05, 4.69) is 0 Å². The molecule has 0 aromatic carbocycles. The van der Waals surface area contributed by atoms with Crippen molar-refractivity contribution in [2.75, 3.05) is 5.75 Å². The van der Waals surface area contributed by atoms with Crippen LogP contribution < -0.4 is 0 Å². The second-order valence-electron chi connectivity index (χ2n) is 2.00. The van der Waals surface area contributed by atoms with E-state index in [1.54, 1.807) is 0 Å². The van der Waals surface area contributed by atoms with Crippen molar-refractivity contribution >= 4 is 21.4 Å². The molecule has 1 unspecified atom stereocenters. The Balaban J connectivity index is 2.82. The minimum Gasteiger partial charge on any atom is -0.224 e. The second kappa shape index (κ2) is 2.31. The van der Waals surface area contributed by atoms with Crippen molar-refractivity contribution in [1.82, 2.24) is 0 Å². The van der Waals surface area contributed by atoms with Crippen molar-refractivity contribution in [3.8, 4) is 0 Å². The minimum absolute atomic E-state index is 0.0893. The molecule has 0 radical (unpaired) electrons. The maximum atomic E-state index is 10.7. The van der Waals surface area contributed by atoms with Gasteiger partial charge in [0.05, 0.1) is 11.1 Å². The highest BCUT2D eigenvalue weighted by molar-refractivity contribution is 7.94. The summed E-state index contributed by atoms with van der Waals surface area (Å²) in [6.45, 7) is 0. The zero-order valence-electron chi connectivity index (χ0n) is 4.75. The lowest BCUT2D eigenvalue weighted by atomic mass is 10.3. The quantitative estimate of drug-likeness (QED) is 0.502. The van der Waals surface area contributed by atoms with Gasteiger partial charge >= 0.3 is 0 Å². The standard InChI is InChI=1S/C5H7ClO2S/c6-5-1-3-9(7,8)4-2-5/h1,3,5H,2,4H2. The van der Waals surface area contributed by atoms with Gasteiger partial charge in [-0.3, -0.25) is 0 Å². The Morgan fingerprint density at radius 2 is 2.22 bits per heavy atom. The SMILES string of the molecule is O=S1(=O)C=CC(Cl)CC1. The molecular formula is C5H7ClO2S. The predicted molar refractivity (Wildman–Crippen MR) is 37.2 cm³/mol. The van der Waals surface area contributed by atoms with E-state index in [-0.39, 0.29) is 11.1 Å². The summed E-state index contributed by atoms with van der Waals surface area (Å²) in [4.78, 5) is 0. The molecule has 0 amide bonds. The fourth-order valence-corrected chi connectivity index (χ4v) is 2.19. The van der Waals surface area contributed by atoms with Gasteiger partial charge < -0.3 is 0 Å². The molecule has 0 aromatic rings. The van der Waals surface area contributed by atoms with Gasteiger partial charge in [0.1, 0.15) is 0 Å². The Labute approximate surface area is 59.4 Å². The second-order valence-corrected chi connectivity index (χ2v) is 4.57. The predicted octanol–water partition coefficient (Wildman–Crippen LogP) is 0.926. The average Bonchev–Trinajstić information content (AvgIpc) is 1.78. The van der Waals surface area contributed by atoms with Crippen LogP contribution in [-0.2, 0) is 9.84 Å². The molecule has 52 valence electrons. The number of hydrogen-bond acceptors (Lipinski definition) is 2. The van der Waals surface area contributed by atoms with Crippen LogP contribution in [0.3, 0.4) is 0 Å². The monoisotopic (exact) mass is 166 g/mol. The largest absolute Gasteiger partial charge is 0.224 e. The third kappa shape index (κ3) is 1.99. The van der Waals surface area contributed by atoms with Crippen molar-refractivity contribution in [3.05, 3.63) is 11.5 Å². The summed E-state index contributed by atoms with van der Waals surface area (Å²) in [7, 11) is -2.88. The van der Waals surface area contributed by atoms with Gasteiger partial charge in [-0.05, 0) is 6.42 Å². The highest BCUT2D eigenvalue weighted by Gasteiger charge is 2.14. The Morgan fingerprint density at radius 1 is 1.56 bits per heavy atom. The zero-order chi connectivity index (χ0) is 6.91. The Kier molecular flexibility index (Phi) is 1.82. The Morgan fingerprint density at radius 3 is 2.56 bits per heavy atom. The molecule has 1 aliphatic rings. The van der Waals surface area contributed by atoms with Gasteiger partial charge in [0, 0.05) is 5.41 Å². The number of rotatable bonds is 0. The lowest BCUT2D eigenvalue weighted by Crippen LogP contribution is -2.12. The summed E-state index contributed by atoms with van der Waals surface area (Å²) in [6, 6.07) is 0. The third-order valence-corrected chi connectivity index (χ3v) is 2.91. The van der Waals surface area contributed by atoms with Crippen LogP contribution in [0.5, 0.6) is 0 Å². The van der Waals surface area contributed by atoms with Gasteiger partial charge in [0.15, 0.2) is 9.84 Å². The average molecular weight is 167 g/mol. The summed E-state index contributed by atoms with van der Waals surface area (Å²) >= 11 is 5.59. The molecule has 2 nitrogen and oxygen atoms in total. The van der Waals surface area contributed by atoms with E-state index in [9.17, 15) is 8.42 Å².